The van der Waals surface area contributed by atoms with Crippen LogP contribution >= 0.6 is 0 Å². The molecule has 1 aromatic heterocycles. The van der Waals surface area contributed by atoms with Crippen LogP contribution in [0.15, 0.2) is 48.7 Å². The van der Waals surface area contributed by atoms with E-state index >= 15 is 0 Å². The molecule has 110 valence electrons. The number of hydrogen-bond acceptors (Lipinski definition) is 2. The minimum Gasteiger partial charge on any atom is -0.372 e. The number of para-hydroxylation sites is 1. The normalized spacial score (nSPS) is 20.7. The van der Waals surface area contributed by atoms with Crippen LogP contribution in [0.25, 0.3) is 10.9 Å². The summed E-state index contributed by atoms with van der Waals surface area (Å²) in [6, 6.07) is 13.3. The summed E-state index contributed by atoms with van der Waals surface area (Å²) in [5.74, 6) is -0.323. The van der Waals surface area contributed by atoms with Crippen molar-refractivity contribution in [3.8, 4) is 0 Å². The average molecular weight is 292 g/mol. The minimum atomic E-state index is -1.64. The van der Waals surface area contributed by atoms with Crippen molar-refractivity contribution in [1.29, 1.82) is 0 Å². The smallest absolute Gasteiger partial charge is 0.268 e. The summed E-state index contributed by atoms with van der Waals surface area (Å²) in [4.78, 5) is 17.4. The first kappa shape index (κ1) is 13.1. The van der Waals surface area contributed by atoms with Crippen molar-refractivity contribution < 1.29 is 9.90 Å². The molecular formula is C18H16N2O2. The molecule has 0 fully saturated rings. The van der Waals surface area contributed by atoms with Crippen LogP contribution in [0.1, 0.15) is 16.7 Å². The molecule has 1 amide bonds. The van der Waals surface area contributed by atoms with Crippen LogP contribution < -0.4 is 4.90 Å². The summed E-state index contributed by atoms with van der Waals surface area (Å²) in [7, 11) is 1.69. The Labute approximate surface area is 128 Å². The lowest BCUT2D eigenvalue weighted by atomic mass is 9.87. The predicted octanol–water partition coefficient (Wildman–Crippen LogP) is 2.69. The van der Waals surface area contributed by atoms with Crippen LogP contribution in [0.5, 0.6) is 0 Å². The molecular weight excluding hydrogens is 276 g/mol. The third kappa shape index (κ3) is 1.47. The first-order valence-corrected chi connectivity index (χ1v) is 7.21. The minimum absolute atomic E-state index is 0.323. The van der Waals surface area contributed by atoms with Crippen molar-refractivity contribution >= 4 is 22.5 Å². The Morgan fingerprint density at radius 3 is 2.73 bits per heavy atom. The Bertz CT molecular complexity index is 912. The number of H-pyrrole nitrogens is 1. The second-order valence-electron chi connectivity index (χ2n) is 5.84. The Morgan fingerprint density at radius 1 is 1.14 bits per heavy atom. The molecule has 1 unspecified atom stereocenters. The predicted molar refractivity (Wildman–Crippen MR) is 85.9 cm³/mol. The number of carbonyl (C=O) groups is 1. The number of hydrogen-bond donors (Lipinski definition) is 2. The molecule has 0 bridgehead atoms. The van der Waals surface area contributed by atoms with Crippen molar-refractivity contribution in [1.82, 2.24) is 4.98 Å². The van der Waals surface area contributed by atoms with Gasteiger partial charge in [0.25, 0.3) is 5.91 Å². The summed E-state index contributed by atoms with van der Waals surface area (Å²) in [5, 5.41) is 12.2. The van der Waals surface area contributed by atoms with Gasteiger partial charge in [0, 0.05) is 35.3 Å². The number of aliphatic hydroxyl groups is 1. The van der Waals surface area contributed by atoms with Gasteiger partial charge in [-0.3, -0.25) is 4.79 Å². The number of aryl methyl sites for hydroxylation is 1. The number of likely N-dealkylation sites (N-methyl/N-ethyl adjacent to an activating group) is 1. The zero-order chi connectivity index (χ0) is 15.5. The SMILES string of the molecule is Cc1ccc2[nH]cc(C3(O)C(=O)N(C)c4ccccc43)c2c1. The van der Waals surface area contributed by atoms with Gasteiger partial charge in [-0.25, -0.2) is 0 Å². The molecule has 1 atom stereocenters. The van der Waals surface area contributed by atoms with E-state index in [1.165, 1.54) is 4.90 Å². The molecule has 0 radical (unpaired) electrons. The van der Waals surface area contributed by atoms with Crippen molar-refractivity contribution in [2.45, 2.75) is 12.5 Å². The van der Waals surface area contributed by atoms with E-state index in [0.29, 0.717) is 11.1 Å². The number of amides is 1. The highest BCUT2D eigenvalue weighted by atomic mass is 16.3. The summed E-state index contributed by atoms with van der Waals surface area (Å²) in [5.41, 5.74) is 2.34. The monoisotopic (exact) mass is 292 g/mol. The number of fused-ring (bicyclic) bond motifs is 2. The highest BCUT2D eigenvalue weighted by Gasteiger charge is 2.50. The van der Waals surface area contributed by atoms with Crippen molar-refractivity contribution in [2.75, 3.05) is 11.9 Å². The molecule has 1 aliphatic heterocycles. The molecule has 4 nitrogen and oxygen atoms in total. The first-order valence-electron chi connectivity index (χ1n) is 7.21. The Kier molecular flexibility index (Phi) is 2.51. The van der Waals surface area contributed by atoms with Crippen molar-refractivity contribution in [2.24, 2.45) is 0 Å². The Morgan fingerprint density at radius 2 is 1.91 bits per heavy atom. The van der Waals surface area contributed by atoms with Crippen LogP contribution in [-0.2, 0) is 10.4 Å². The Hall–Kier alpha value is -2.59. The van der Waals surface area contributed by atoms with Gasteiger partial charge in [-0.1, -0.05) is 29.8 Å². The van der Waals surface area contributed by atoms with Crippen LogP contribution in [-0.4, -0.2) is 23.0 Å². The number of nitrogens with one attached hydrogen (secondary N) is 1. The Balaban J connectivity index is 2.05. The average Bonchev–Trinajstić information content (AvgIpc) is 3.03. The largest absolute Gasteiger partial charge is 0.372 e. The van der Waals surface area contributed by atoms with Gasteiger partial charge >= 0.3 is 0 Å². The van der Waals surface area contributed by atoms with E-state index in [9.17, 15) is 9.90 Å². The molecule has 4 rings (SSSR count). The molecule has 0 saturated carbocycles. The fourth-order valence-corrected chi connectivity index (χ4v) is 3.33. The lowest BCUT2D eigenvalue weighted by Gasteiger charge is -2.21. The molecule has 4 heteroatoms. The first-order chi connectivity index (χ1) is 10.5. The summed E-state index contributed by atoms with van der Waals surface area (Å²) < 4.78 is 0. The zero-order valence-corrected chi connectivity index (χ0v) is 12.4. The van der Waals surface area contributed by atoms with Gasteiger partial charge in [-0.05, 0) is 25.1 Å². The summed E-state index contributed by atoms with van der Waals surface area (Å²) >= 11 is 0. The lowest BCUT2D eigenvalue weighted by Crippen LogP contribution is -2.39. The van der Waals surface area contributed by atoms with Gasteiger partial charge < -0.3 is 15.0 Å². The van der Waals surface area contributed by atoms with E-state index in [1.807, 2.05) is 49.4 Å². The second-order valence-corrected chi connectivity index (χ2v) is 5.84. The number of aromatic amines is 1. The maximum Gasteiger partial charge on any atom is 0.268 e. The molecule has 0 saturated heterocycles. The standard InChI is InChI=1S/C18H16N2O2/c1-11-7-8-15-12(9-11)14(10-19-15)18(22)13-5-3-4-6-16(13)20(2)17(18)21/h3-10,19,22H,1-2H3. The number of rotatable bonds is 1. The van der Waals surface area contributed by atoms with E-state index in [0.717, 1.165) is 22.2 Å². The zero-order valence-electron chi connectivity index (χ0n) is 12.4. The molecule has 0 spiro atoms. The van der Waals surface area contributed by atoms with E-state index < -0.39 is 5.60 Å². The fourth-order valence-electron chi connectivity index (χ4n) is 3.33. The molecule has 2 N–H and O–H groups in total. The number of carbonyl (C=O) groups excluding carboxylic acids is 1. The van der Waals surface area contributed by atoms with Gasteiger partial charge in [0.05, 0.1) is 5.69 Å². The van der Waals surface area contributed by atoms with E-state index in [4.69, 9.17) is 0 Å². The van der Waals surface area contributed by atoms with Gasteiger partial charge in [0.2, 0.25) is 0 Å². The van der Waals surface area contributed by atoms with Crippen molar-refractivity contribution in [3.63, 3.8) is 0 Å². The molecule has 3 aromatic rings. The molecule has 22 heavy (non-hydrogen) atoms. The molecule has 0 aliphatic carbocycles. The van der Waals surface area contributed by atoms with E-state index in [2.05, 4.69) is 4.98 Å². The number of benzene rings is 2. The number of nitrogens with zero attached hydrogens (tertiary/aromatic N) is 1. The maximum absolute atomic E-state index is 12.8. The van der Waals surface area contributed by atoms with Gasteiger partial charge in [0.1, 0.15) is 0 Å². The quantitative estimate of drug-likeness (QED) is 0.724. The molecule has 2 aromatic carbocycles. The number of anilines is 1. The van der Waals surface area contributed by atoms with E-state index in [1.54, 1.807) is 13.2 Å². The summed E-state index contributed by atoms with van der Waals surface area (Å²) in [6.45, 7) is 2.00. The van der Waals surface area contributed by atoms with Gasteiger partial charge in [-0.15, -0.1) is 0 Å². The van der Waals surface area contributed by atoms with Crippen LogP contribution in [0.2, 0.25) is 0 Å². The van der Waals surface area contributed by atoms with Crippen LogP contribution in [0.4, 0.5) is 5.69 Å². The van der Waals surface area contributed by atoms with Crippen molar-refractivity contribution in [3.05, 3.63) is 65.4 Å². The topological polar surface area (TPSA) is 56.3 Å². The molecule has 2 heterocycles. The second kappa shape index (κ2) is 4.21. The summed E-state index contributed by atoms with van der Waals surface area (Å²) in [6.07, 6.45) is 1.73. The molecule has 1 aliphatic rings. The fraction of sp³-hybridized carbons (Fsp3) is 0.167. The van der Waals surface area contributed by atoms with Crippen LogP contribution in [0.3, 0.4) is 0 Å². The maximum atomic E-state index is 12.8. The third-order valence-corrected chi connectivity index (χ3v) is 4.50. The van der Waals surface area contributed by atoms with E-state index in [-0.39, 0.29) is 5.91 Å². The highest BCUT2D eigenvalue weighted by Crippen LogP contribution is 2.45. The lowest BCUT2D eigenvalue weighted by molar-refractivity contribution is -0.131. The van der Waals surface area contributed by atoms with Gasteiger partial charge in [-0.2, -0.15) is 0 Å². The number of aromatic nitrogens is 1. The van der Waals surface area contributed by atoms with Gasteiger partial charge in [0.15, 0.2) is 5.60 Å². The highest BCUT2D eigenvalue weighted by molar-refractivity contribution is 6.10. The third-order valence-electron chi connectivity index (χ3n) is 4.50. The van der Waals surface area contributed by atoms with Crippen LogP contribution in [0, 0.1) is 6.92 Å².